The van der Waals surface area contributed by atoms with E-state index in [4.69, 9.17) is 9.72 Å². The Morgan fingerprint density at radius 1 is 1.29 bits per heavy atom. The Labute approximate surface area is 182 Å². The largest absolute Gasteiger partial charge is 0.497 e. The number of methoxy groups -OCH3 is 1. The Balaban J connectivity index is 1.53. The van der Waals surface area contributed by atoms with Gasteiger partial charge in [-0.2, -0.15) is 4.31 Å². The molecule has 0 unspecified atom stereocenters. The van der Waals surface area contributed by atoms with Gasteiger partial charge in [-0.3, -0.25) is 9.69 Å². The number of hydrogen-bond acceptors (Lipinski definition) is 6. The summed E-state index contributed by atoms with van der Waals surface area (Å²) in [4.78, 5) is 22.7. The van der Waals surface area contributed by atoms with Crippen molar-refractivity contribution in [3.63, 3.8) is 0 Å². The number of nitrogens with zero attached hydrogens (tertiary/aromatic N) is 3. The number of rotatable bonds is 7. The second kappa shape index (κ2) is 8.94. The highest BCUT2D eigenvalue weighted by Crippen LogP contribution is 2.33. The van der Waals surface area contributed by atoms with Gasteiger partial charge in [0.05, 0.1) is 30.2 Å². The fourth-order valence-corrected chi connectivity index (χ4v) is 5.86. The molecular formula is C22H28N4O4S. The zero-order valence-electron chi connectivity index (χ0n) is 17.7. The van der Waals surface area contributed by atoms with E-state index in [1.165, 1.54) is 10.4 Å². The van der Waals surface area contributed by atoms with Crippen LogP contribution in [-0.4, -0.2) is 53.5 Å². The number of benzene rings is 1. The monoisotopic (exact) mass is 444 g/mol. The van der Waals surface area contributed by atoms with E-state index in [9.17, 15) is 13.2 Å². The minimum absolute atomic E-state index is 0.112. The van der Waals surface area contributed by atoms with Crippen molar-refractivity contribution >= 4 is 10.0 Å². The van der Waals surface area contributed by atoms with Crippen LogP contribution in [0.2, 0.25) is 0 Å². The summed E-state index contributed by atoms with van der Waals surface area (Å²) >= 11 is 0. The average molecular weight is 445 g/mol. The molecule has 1 saturated heterocycles. The van der Waals surface area contributed by atoms with Gasteiger partial charge in [-0.25, -0.2) is 13.4 Å². The Kier molecular flexibility index (Phi) is 6.27. The summed E-state index contributed by atoms with van der Waals surface area (Å²) < 4.78 is 31.8. The summed E-state index contributed by atoms with van der Waals surface area (Å²) in [5.74, 6) is 1.16. The summed E-state index contributed by atoms with van der Waals surface area (Å²) in [6.45, 7) is 6.03. The Morgan fingerprint density at radius 3 is 2.77 bits per heavy atom. The lowest BCUT2D eigenvalue weighted by molar-refractivity contribution is 0.240. The van der Waals surface area contributed by atoms with E-state index in [0.717, 1.165) is 36.5 Å². The first kappa shape index (κ1) is 21.7. The van der Waals surface area contributed by atoms with E-state index in [1.807, 2.05) is 24.3 Å². The number of aromatic amines is 1. The van der Waals surface area contributed by atoms with Crippen LogP contribution < -0.4 is 10.3 Å². The molecule has 1 aromatic carbocycles. The van der Waals surface area contributed by atoms with Gasteiger partial charge in [0, 0.05) is 32.6 Å². The molecule has 1 fully saturated rings. The predicted molar refractivity (Wildman–Crippen MR) is 118 cm³/mol. The minimum atomic E-state index is -3.45. The molecule has 9 heteroatoms. The van der Waals surface area contributed by atoms with Gasteiger partial charge in [0.15, 0.2) is 0 Å². The van der Waals surface area contributed by atoms with Crippen LogP contribution >= 0.6 is 0 Å². The lowest BCUT2D eigenvalue weighted by atomic mass is 10.1. The molecule has 0 aliphatic carbocycles. The molecule has 4 rings (SSSR count). The highest BCUT2D eigenvalue weighted by Gasteiger charge is 2.36. The van der Waals surface area contributed by atoms with Crippen molar-refractivity contribution in [2.75, 3.05) is 26.0 Å². The number of sulfonamides is 1. The van der Waals surface area contributed by atoms with Crippen molar-refractivity contribution in [2.24, 2.45) is 0 Å². The van der Waals surface area contributed by atoms with Gasteiger partial charge < -0.3 is 9.72 Å². The number of ether oxygens (including phenoxy) is 1. The van der Waals surface area contributed by atoms with Crippen LogP contribution in [0.3, 0.4) is 0 Å². The molecule has 1 aromatic heterocycles. The summed E-state index contributed by atoms with van der Waals surface area (Å²) in [5, 5.41) is 0. The van der Waals surface area contributed by atoms with Crippen molar-refractivity contribution in [1.82, 2.24) is 19.2 Å². The Hall–Kier alpha value is -2.49. The number of nitrogens with one attached hydrogen (secondary N) is 1. The van der Waals surface area contributed by atoms with Gasteiger partial charge in [0.1, 0.15) is 11.6 Å². The second-order valence-corrected chi connectivity index (χ2v) is 9.99. The Morgan fingerprint density at radius 2 is 2.06 bits per heavy atom. The lowest BCUT2D eigenvalue weighted by Gasteiger charge is -2.29. The zero-order valence-corrected chi connectivity index (χ0v) is 18.5. The maximum Gasteiger partial charge on any atom is 0.255 e. The van der Waals surface area contributed by atoms with E-state index in [-0.39, 0.29) is 11.3 Å². The standard InChI is InChI=1S/C22H28N4O4S/c1-3-13-31(28,29)26-11-4-5-20(26)21-23-19-10-12-25(15-18(19)22(27)24-21)14-16-6-8-17(30-2)9-7-16/h3,6-9,20H,1,4-5,10-15H2,2H3,(H,23,24,27)/t20-/m0/s1. The van der Waals surface area contributed by atoms with Gasteiger partial charge in [-0.15, -0.1) is 6.58 Å². The molecule has 1 N–H and O–H groups in total. The van der Waals surface area contributed by atoms with Crippen molar-refractivity contribution in [1.29, 1.82) is 0 Å². The molecule has 0 radical (unpaired) electrons. The van der Waals surface area contributed by atoms with Gasteiger partial charge in [-0.1, -0.05) is 18.2 Å². The molecule has 0 amide bonds. The van der Waals surface area contributed by atoms with Crippen LogP contribution in [0.25, 0.3) is 0 Å². The van der Waals surface area contributed by atoms with E-state index < -0.39 is 16.1 Å². The van der Waals surface area contributed by atoms with Crippen LogP contribution in [0.4, 0.5) is 0 Å². The summed E-state index contributed by atoms with van der Waals surface area (Å²) in [5.41, 5.74) is 2.42. The van der Waals surface area contributed by atoms with Gasteiger partial charge in [0.25, 0.3) is 5.56 Å². The van der Waals surface area contributed by atoms with Crippen LogP contribution in [-0.2, 0) is 29.5 Å². The lowest BCUT2D eigenvalue weighted by Crippen LogP contribution is -2.38. The van der Waals surface area contributed by atoms with E-state index >= 15 is 0 Å². The molecule has 31 heavy (non-hydrogen) atoms. The number of H-pyrrole nitrogens is 1. The third kappa shape index (κ3) is 4.58. The molecule has 8 nitrogen and oxygen atoms in total. The smallest absolute Gasteiger partial charge is 0.255 e. The number of fused-ring (bicyclic) bond motifs is 1. The van der Waals surface area contributed by atoms with Gasteiger partial charge in [0.2, 0.25) is 10.0 Å². The average Bonchev–Trinajstić information content (AvgIpc) is 3.26. The quantitative estimate of drug-likeness (QED) is 0.656. The summed E-state index contributed by atoms with van der Waals surface area (Å²) in [7, 11) is -1.81. The first-order valence-electron chi connectivity index (χ1n) is 10.5. The van der Waals surface area contributed by atoms with Crippen LogP contribution in [0.15, 0.2) is 41.7 Å². The van der Waals surface area contributed by atoms with E-state index in [1.54, 1.807) is 7.11 Å². The third-order valence-electron chi connectivity index (χ3n) is 5.94. The van der Waals surface area contributed by atoms with E-state index in [2.05, 4.69) is 16.5 Å². The van der Waals surface area contributed by atoms with Crippen molar-refractivity contribution in [3.05, 3.63) is 69.9 Å². The maximum atomic E-state index is 12.9. The minimum Gasteiger partial charge on any atom is -0.497 e. The maximum absolute atomic E-state index is 12.9. The molecule has 0 saturated carbocycles. The second-order valence-electron chi connectivity index (χ2n) is 8.02. The van der Waals surface area contributed by atoms with Crippen LogP contribution in [0.1, 0.15) is 41.5 Å². The molecule has 3 heterocycles. The first-order valence-corrected chi connectivity index (χ1v) is 12.1. The predicted octanol–water partition coefficient (Wildman–Crippen LogP) is 1.99. The summed E-state index contributed by atoms with van der Waals surface area (Å²) in [6, 6.07) is 7.50. The van der Waals surface area contributed by atoms with Gasteiger partial charge in [-0.05, 0) is 30.5 Å². The molecule has 1 atom stereocenters. The number of hydrogen-bond donors (Lipinski definition) is 1. The number of aromatic nitrogens is 2. The summed E-state index contributed by atoms with van der Waals surface area (Å²) in [6.07, 6.45) is 3.46. The van der Waals surface area contributed by atoms with Crippen molar-refractivity contribution < 1.29 is 13.2 Å². The third-order valence-corrected chi connectivity index (χ3v) is 7.74. The molecule has 0 spiro atoms. The topological polar surface area (TPSA) is 95.6 Å². The van der Waals surface area contributed by atoms with Crippen LogP contribution in [0, 0.1) is 0 Å². The van der Waals surface area contributed by atoms with Crippen molar-refractivity contribution in [2.45, 2.75) is 38.4 Å². The van der Waals surface area contributed by atoms with Crippen molar-refractivity contribution in [3.8, 4) is 5.75 Å². The van der Waals surface area contributed by atoms with E-state index in [0.29, 0.717) is 37.3 Å². The zero-order chi connectivity index (χ0) is 22.0. The molecule has 2 aliphatic heterocycles. The normalized spacial score (nSPS) is 19.8. The van der Waals surface area contributed by atoms with Crippen LogP contribution in [0.5, 0.6) is 5.75 Å². The fourth-order valence-electron chi connectivity index (χ4n) is 4.37. The molecule has 166 valence electrons. The Bertz CT molecular complexity index is 1110. The molecular weight excluding hydrogens is 416 g/mol. The first-order chi connectivity index (χ1) is 14.9. The van der Waals surface area contributed by atoms with Gasteiger partial charge >= 0.3 is 0 Å². The molecule has 2 aromatic rings. The highest BCUT2D eigenvalue weighted by atomic mass is 32.2. The fraction of sp³-hybridized carbons (Fsp3) is 0.455. The molecule has 2 aliphatic rings. The highest BCUT2D eigenvalue weighted by molar-refractivity contribution is 7.89. The SMILES string of the molecule is C=CCS(=O)(=O)N1CCC[C@H]1c1nc2c(c(=O)[nH]1)CN(Cc1ccc(OC)cc1)CC2. The molecule has 0 bridgehead atoms.